The smallest absolute Gasteiger partial charge is 0.335 e. The van der Waals surface area contributed by atoms with Gasteiger partial charge in [-0.25, -0.2) is 4.79 Å². The number of amides is 1. The monoisotopic (exact) mass is 447 g/mol. The van der Waals surface area contributed by atoms with E-state index in [1.807, 2.05) is 32.0 Å². The lowest BCUT2D eigenvalue weighted by molar-refractivity contribution is -0.118. The quantitative estimate of drug-likeness (QED) is 0.330. The Labute approximate surface area is 191 Å². The van der Waals surface area contributed by atoms with E-state index in [0.717, 1.165) is 22.4 Å². The number of nitrogens with zero attached hydrogens (tertiary/aromatic N) is 1. The zero-order chi connectivity index (χ0) is 23.8. The molecule has 3 aromatic carbocycles. The molecule has 0 saturated heterocycles. The highest BCUT2D eigenvalue weighted by molar-refractivity contribution is 5.92. The summed E-state index contributed by atoms with van der Waals surface area (Å²) < 4.78 is 11.0. The number of carbonyl (C=O) groups is 2. The number of aromatic carboxylic acids is 1. The van der Waals surface area contributed by atoms with E-state index >= 15 is 0 Å². The van der Waals surface area contributed by atoms with Gasteiger partial charge in [-0.05, 0) is 73.5 Å². The number of benzene rings is 3. The van der Waals surface area contributed by atoms with Gasteiger partial charge in [-0.15, -0.1) is 0 Å². The first kappa shape index (κ1) is 23.3. The Morgan fingerprint density at radius 2 is 1.76 bits per heavy atom. The van der Waals surface area contributed by atoms with Crippen molar-refractivity contribution in [1.82, 2.24) is 0 Å². The predicted molar refractivity (Wildman–Crippen MR) is 128 cm³/mol. The van der Waals surface area contributed by atoms with E-state index in [9.17, 15) is 9.59 Å². The summed E-state index contributed by atoms with van der Waals surface area (Å²) in [7, 11) is 1.51. The van der Waals surface area contributed by atoms with Crippen LogP contribution in [-0.4, -0.2) is 36.9 Å². The highest BCUT2D eigenvalue weighted by Gasteiger charge is 2.10. The highest BCUT2D eigenvalue weighted by Crippen LogP contribution is 2.27. The molecule has 33 heavy (non-hydrogen) atoms. The first-order valence-corrected chi connectivity index (χ1v) is 10.2. The Morgan fingerprint density at radius 1 is 1.00 bits per heavy atom. The summed E-state index contributed by atoms with van der Waals surface area (Å²) in [6.45, 7) is 3.77. The molecule has 3 aromatic rings. The van der Waals surface area contributed by atoms with Crippen LogP contribution in [0.5, 0.6) is 11.5 Å². The van der Waals surface area contributed by atoms with Gasteiger partial charge in [-0.2, -0.15) is 5.10 Å². The molecule has 1 amide bonds. The Kier molecular flexibility index (Phi) is 7.64. The third-order valence-electron chi connectivity index (χ3n) is 4.74. The number of hydrazone groups is 1. The predicted octanol–water partition coefficient (Wildman–Crippen LogP) is 4.47. The van der Waals surface area contributed by atoms with E-state index in [1.165, 1.54) is 19.2 Å². The third-order valence-corrected chi connectivity index (χ3v) is 4.74. The molecule has 3 rings (SSSR count). The van der Waals surface area contributed by atoms with Crippen molar-refractivity contribution in [1.29, 1.82) is 0 Å². The number of aryl methyl sites for hydroxylation is 2. The van der Waals surface area contributed by atoms with E-state index in [2.05, 4.69) is 15.8 Å². The molecule has 0 aliphatic carbocycles. The van der Waals surface area contributed by atoms with Crippen molar-refractivity contribution in [2.75, 3.05) is 24.5 Å². The molecule has 0 aliphatic heterocycles. The first-order valence-electron chi connectivity index (χ1n) is 10.2. The van der Waals surface area contributed by atoms with Gasteiger partial charge in [-0.3, -0.25) is 10.2 Å². The number of methoxy groups -OCH3 is 1. The van der Waals surface area contributed by atoms with Crippen LogP contribution < -0.4 is 20.2 Å². The number of nitrogens with one attached hydrogen (secondary N) is 2. The Hall–Kier alpha value is -4.33. The second kappa shape index (κ2) is 10.8. The lowest BCUT2D eigenvalue weighted by Crippen LogP contribution is -2.20. The van der Waals surface area contributed by atoms with Crippen molar-refractivity contribution in [3.05, 3.63) is 82.9 Å². The minimum absolute atomic E-state index is 0.162. The Morgan fingerprint density at radius 3 is 2.42 bits per heavy atom. The first-order chi connectivity index (χ1) is 15.9. The third kappa shape index (κ3) is 6.57. The van der Waals surface area contributed by atoms with E-state index in [-0.39, 0.29) is 18.1 Å². The van der Waals surface area contributed by atoms with E-state index < -0.39 is 5.97 Å². The van der Waals surface area contributed by atoms with Crippen LogP contribution in [-0.2, 0) is 4.79 Å². The number of rotatable bonds is 9. The molecular weight excluding hydrogens is 422 g/mol. The van der Waals surface area contributed by atoms with Crippen LogP contribution in [0.4, 0.5) is 11.4 Å². The number of ether oxygens (including phenoxy) is 2. The molecule has 0 saturated carbocycles. The number of anilines is 2. The summed E-state index contributed by atoms with van der Waals surface area (Å²) in [6.07, 6.45) is 1.59. The number of carboxylic acids is 1. The van der Waals surface area contributed by atoms with Gasteiger partial charge in [0.1, 0.15) is 0 Å². The van der Waals surface area contributed by atoms with Crippen LogP contribution in [0, 0.1) is 13.8 Å². The summed E-state index contributed by atoms with van der Waals surface area (Å²) in [6, 6.07) is 17.2. The molecule has 0 radical (unpaired) electrons. The van der Waals surface area contributed by atoms with E-state index in [4.69, 9.17) is 14.6 Å². The zero-order valence-electron chi connectivity index (χ0n) is 18.6. The summed E-state index contributed by atoms with van der Waals surface area (Å²) in [5.41, 5.74) is 7.29. The normalized spacial score (nSPS) is 10.6. The van der Waals surface area contributed by atoms with E-state index in [0.29, 0.717) is 17.2 Å². The molecule has 0 bridgehead atoms. The molecular formula is C25H25N3O5. The van der Waals surface area contributed by atoms with Crippen molar-refractivity contribution in [2.45, 2.75) is 13.8 Å². The second-order valence-corrected chi connectivity index (χ2v) is 7.32. The van der Waals surface area contributed by atoms with Gasteiger partial charge in [0.2, 0.25) is 0 Å². The average molecular weight is 447 g/mol. The molecule has 8 nitrogen and oxygen atoms in total. The molecule has 0 spiro atoms. The maximum absolute atomic E-state index is 12.3. The highest BCUT2D eigenvalue weighted by atomic mass is 16.5. The van der Waals surface area contributed by atoms with Crippen LogP contribution in [0.3, 0.4) is 0 Å². The largest absolute Gasteiger partial charge is 0.493 e. The van der Waals surface area contributed by atoms with Gasteiger partial charge in [0.05, 0.1) is 24.6 Å². The summed E-state index contributed by atoms with van der Waals surface area (Å²) in [5, 5.41) is 15.9. The van der Waals surface area contributed by atoms with Crippen molar-refractivity contribution >= 4 is 29.5 Å². The molecule has 0 heterocycles. The summed E-state index contributed by atoms with van der Waals surface area (Å²) in [5.74, 6) is -0.360. The molecule has 0 atom stereocenters. The van der Waals surface area contributed by atoms with Gasteiger partial charge >= 0.3 is 5.97 Å². The molecule has 3 N–H and O–H groups in total. The standard InChI is InChI=1S/C25H25N3O5/c1-16-4-10-21(17(2)12-16)27-24(29)15-33-22-11-5-18(13-23(22)32-3)14-26-28-20-8-6-19(7-9-20)25(30)31/h4-14,28H,15H2,1-3H3,(H,27,29)(H,30,31)/b26-14+. The van der Waals surface area contributed by atoms with E-state index in [1.54, 1.807) is 36.5 Å². The minimum atomic E-state index is -0.984. The second-order valence-electron chi connectivity index (χ2n) is 7.32. The van der Waals surface area contributed by atoms with Gasteiger partial charge in [0, 0.05) is 5.69 Å². The fourth-order valence-electron chi connectivity index (χ4n) is 3.04. The number of carbonyl (C=O) groups excluding carboxylic acids is 1. The minimum Gasteiger partial charge on any atom is -0.493 e. The fraction of sp³-hybridized carbons (Fsp3) is 0.160. The maximum Gasteiger partial charge on any atom is 0.335 e. The topological polar surface area (TPSA) is 109 Å². The lowest BCUT2D eigenvalue weighted by Gasteiger charge is -2.12. The summed E-state index contributed by atoms with van der Waals surface area (Å²) >= 11 is 0. The van der Waals surface area contributed by atoms with Gasteiger partial charge < -0.3 is 19.9 Å². The summed E-state index contributed by atoms with van der Waals surface area (Å²) in [4.78, 5) is 23.2. The van der Waals surface area contributed by atoms with Crippen molar-refractivity contribution in [2.24, 2.45) is 5.10 Å². The Balaban J connectivity index is 1.57. The van der Waals surface area contributed by atoms with Crippen LogP contribution >= 0.6 is 0 Å². The Bertz CT molecular complexity index is 1170. The molecule has 8 heteroatoms. The molecule has 0 fully saturated rings. The van der Waals surface area contributed by atoms with Crippen molar-refractivity contribution in [3.63, 3.8) is 0 Å². The number of hydrogen-bond donors (Lipinski definition) is 3. The SMILES string of the molecule is COc1cc(/C=N/Nc2ccc(C(=O)O)cc2)ccc1OCC(=O)Nc1ccc(C)cc1C. The zero-order valence-corrected chi connectivity index (χ0v) is 18.6. The van der Waals surface area contributed by atoms with Crippen LogP contribution in [0.1, 0.15) is 27.0 Å². The van der Waals surface area contributed by atoms with Gasteiger partial charge in [0.25, 0.3) is 5.91 Å². The molecule has 170 valence electrons. The van der Waals surface area contributed by atoms with Crippen LogP contribution in [0.15, 0.2) is 65.8 Å². The van der Waals surface area contributed by atoms with Gasteiger partial charge in [-0.1, -0.05) is 17.7 Å². The molecule has 0 unspecified atom stereocenters. The van der Waals surface area contributed by atoms with Gasteiger partial charge in [0.15, 0.2) is 18.1 Å². The molecule has 0 aliphatic rings. The average Bonchev–Trinajstić information content (AvgIpc) is 2.80. The number of hydrogen-bond acceptors (Lipinski definition) is 6. The lowest BCUT2D eigenvalue weighted by atomic mass is 10.1. The van der Waals surface area contributed by atoms with Crippen molar-refractivity contribution in [3.8, 4) is 11.5 Å². The van der Waals surface area contributed by atoms with Crippen molar-refractivity contribution < 1.29 is 24.2 Å². The maximum atomic E-state index is 12.3. The van der Waals surface area contributed by atoms with Crippen LogP contribution in [0.25, 0.3) is 0 Å². The number of carboxylic acid groups (broad SMARTS) is 1. The fourth-order valence-corrected chi connectivity index (χ4v) is 3.04. The van der Waals surface area contributed by atoms with Crippen LogP contribution in [0.2, 0.25) is 0 Å². The molecule has 0 aromatic heterocycles.